The van der Waals surface area contributed by atoms with Crippen LogP contribution in [0.5, 0.6) is 5.75 Å². The molecule has 0 spiro atoms. The maximum Gasteiger partial charge on any atom is 0.260 e. The molecule has 0 bridgehead atoms. The first kappa shape index (κ1) is 14.9. The predicted molar refractivity (Wildman–Crippen MR) is 77.7 cm³/mol. The lowest BCUT2D eigenvalue weighted by Gasteiger charge is -2.20. The summed E-state index contributed by atoms with van der Waals surface area (Å²) in [6.07, 6.45) is 2.74. The van der Waals surface area contributed by atoms with Crippen LogP contribution >= 0.6 is 0 Å². The van der Waals surface area contributed by atoms with Crippen LogP contribution in [0, 0.1) is 5.92 Å². The summed E-state index contributed by atoms with van der Waals surface area (Å²) in [6, 6.07) is 7.76. The van der Waals surface area contributed by atoms with Gasteiger partial charge in [-0.1, -0.05) is 19.1 Å². The number of nitrogens with zero attached hydrogens (tertiary/aromatic N) is 1. The van der Waals surface area contributed by atoms with Gasteiger partial charge in [0.05, 0.1) is 6.10 Å². The number of likely N-dealkylation sites (N-methyl/N-ethyl adjacent to an activating group) is 1. The van der Waals surface area contributed by atoms with E-state index in [2.05, 4.69) is 6.92 Å². The first-order valence-corrected chi connectivity index (χ1v) is 7.24. The number of rotatable bonds is 7. The van der Waals surface area contributed by atoms with Crippen LogP contribution < -0.4 is 4.74 Å². The molecule has 1 N–H and O–H groups in total. The molecular formula is C16H23NO3. The Morgan fingerprint density at radius 3 is 2.60 bits per heavy atom. The number of aryl methyl sites for hydroxylation is 1. The third-order valence-electron chi connectivity index (χ3n) is 3.75. The zero-order chi connectivity index (χ0) is 14.5. The Labute approximate surface area is 120 Å². The molecule has 0 aromatic heterocycles. The molecule has 0 aliphatic heterocycles. The van der Waals surface area contributed by atoms with Crippen molar-refractivity contribution in [1.82, 2.24) is 4.90 Å². The van der Waals surface area contributed by atoms with E-state index in [0.717, 1.165) is 19.3 Å². The van der Waals surface area contributed by atoms with Crippen LogP contribution in [-0.4, -0.2) is 42.2 Å². The van der Waals surface area contributed by atoms with Crippen LogP contribution in [-0.2, 0) is 11.2 Å². The number of ether oxygens (including phenoxy) is 1. The van der Waals surface area contributed by atoms with Crippen molar-refractivity contribution in [3.8, 4) is 5.75 Å². The Bertz CT molecular complexity index is 440. The molecule has 1 amide bonds. The van der Waals surface area contributed by atoms with Crippen molar-refractivity contribution in [2.24, 2.45) is 5.92 Å². The van der Waals surface area contributed by atoms with Gasteiger partial charge >= 0.3 is 0 Å². The molecule has 1 aliphatic carbocycles. The third kappa shape index (κ3) is 4.23. The maximum absolute atomic E-state index is 11.9. The molecule has 110 valence electrons. The molecule has 1 aliphatic rings. The molecule has 0 saturated heterocycles. The number of hydrogen-bond donors (Lipinski definition) is 1. The SMILES string of the molecule is CCc1ccc(OCC(=O)N(C)CC(O)C2CC2)cc1. The van der Waals surface area contributed by atoms with Gasteiger partial charge in [-0.05, 0) is 42.9 Å². The van der Waals surface area contributed by atoms with Crippen molar-refractivity contribution in [2.45, 2.75) is 32.3 Å². The van der Waals surface area contributed by atoms with Crippen molar-refractivity contribution < 1.29 is 14.6 Å². The average molecular weight is 277 g/mol. The van der Waals surface area contributed by atoms with Crippen LogP contribution in [0.25, 0.3) is 0 Å². The number of carbonyl (C=O) groups excluding carboxylic acids is 1. The molecular weight excluding hydrogens is 254 g/mol. The first-order valence-electron chi connectivity index (χ1n) is 7.24. The minimum Gasteiger partial charge on any atom is -0.484 e. The molecule has 0 heterocycles. The van der Waals surface area contributed by atoms with Crippen LogP contribution in [0.15, 0.2) is 24.3 Å². The summed E-state index contributed by atoms with van der Waals surface area (Å²) in [4.78, 5) is 13.5. The molecule has 0 radical (unpaired) electrons. The van der Waals surface area contributed by atoms with E-state index >= 15 is 0 Å². The Morgan fingerprint density at radius 2 is 2.05 bits per heavy atom. The van der Waals surface area contributed by atoms with Gasteiger partial charge in [0.25, 0.3) is 5.91 Å². The van der Waals surface area contributed by atoms with Gasteiger partial charge in [-0.25, -0.2) is 0 Å². The summed E-state index contributed by atoms with van der Waals surface area (Å²) in [5.41, 5.74) is 1.24. The van der Waals surface area contributed by atoms with Crippen molar-refractivity contribution in [3.63, 3.8) is 0 Å². The Kier molecular flexibility index (Phi) is 5.01. The zero-order valence-corrected chi connectivity index (χ0v) is 12.2. The monoisotopic (exact) mass is 277 g/mol. The number of hydrogen-bond acceptors (Lipinski definition) is 3. The summed E-state index contributed by atoms with van der Waals surface area (Å²) in [6.45, 7) is 2.50. The average Bonchev–Trinajstić information content (AvgIpc) is 3.29. The molecule has 1 aromatic rings. The first-order chi connectivity index (χ1) is 9.60. The van der Waals surface area contributed by atoms with Crippen LogP contribution in [0.2, 0.25) is 0 Å². The standard InChI is InChI=1S/C16H23NO3/c1-3-12-4-8-14(9-5-12)20-11-16(19)17(2)10-15(18)13-6-7-13/h4-5,8-9,13,15,18H,3,6-7,10-11H2,1-2H3. The van der Waals surface area contributed by atoms with E-state index in [1.807, 2.05) is 24.3 Å². The number of amides is 1. The highest BCUT2D eigenvalue weighted by atomic mass is 16.5. The molecule has 1 fully saturated rings. The van der Waals surface area contributed by atoms with Gasteiger partial charge in [0.2, 0.25) is 0 Å². The van der Waals surface area contributed by atoms with Gasteiger partial charge in [-0.15, -0.1) is 0 Å². The van der Waals surface area contributed by atoms with Crippen LogP contribution in [0.4, 0.5) is 0 Å². The van der Waals surface area contributed by atoms with Gasteiger partial charge in [0.15, 0.2) is 6.61 Å². The second kappa shape index (κ2) is 6.75. The third-order valence-corrected chi connectivity index (χ3v) is 3.75. The topological polar surface area (TPSA) is 49.8 Å². The zero-order valence-electron chi connectivity index (χ0n) is 12.2. The molecule has 1 saturated carbocycles. The van der Waals surface area contributed by atoms with E-state index < -0.39 is 6.10 Å². The second-order valence-electron chi connectivity index (χ2n) is 5.47. The number of aliphatic hydroxyl groups excluding tert-OH is 1. The van der Waals surface area contributed by atoms with Crippen molar-refractivity contribution in [3.05, 3.63) is 29.8 Å². The summed E-state index contributed by atoms with van der Waals surface area (Å²) < 4.78 is 5.47. The van der Waals surface area contributed by atoms with E-state index in [0.29, 0.717) is 18.2 Å². The summed E-state index contributed by atoms with van der Waals surface area (Å²) in [5.74, 6) is 0.976. The Morgan fingerprint density at radius 1 is 1.40 bits per heavy atom. The normalized spacial score (nSPS) is 15.8. The highest BCUT2D eigenvalue weighted by Gasteiger charge is 2.31. The highest BCUT2D eigenvalue weighted by Crippen LogP contribution is 2.32. The van der Waals surface area contributed by atoms with E-state index in [9.17, 15) is 9.90 Å². The summed E-state index contributed by atoms with van der Waals surface area (Å²) in [5, 5.41) is 9.82. The van der Waals surface area contributed by atoms with Gasteiger partial charge in [0, 0.05) is 13.6 Å². The molecule has 2 rings (SSSR count). The van der Waals surface area contributed by atoms with Crippen molar-refractivity contribution in [1.29, 1.82) is 0 Å². The van der Waals surface area contributed by atoms with Gasteiger partial charge in [-0.2, -0.15) is 0 Å². The van der Waals surface area contributed by atoms with Gasteiger partial charge in [0.1, 0.15) is 5.75 Å². The fourth-order valence-electron chi connectivity index (χ4n) is 2.09. The van der Waals surface area contributed by atoms with Gasteiger partial charge < -0.3 is 14.7 Å². The predicted octanol–water partition coefficient (Wildman–Crippen LogP) is 1.86. The highest BCUT2D eigenvalue weighted by molar-refractivity contribution is 5.77. The summed E-state index contributed by atoms with van der Waals surface area (Å²) in [7, 11) is 1.71. The smallest absolute Gasteiger partial charge is 0.260 e. The lowest BCUT2D eigenvalue weighted by molar-refractivity contribution is -0.133. The van der Waals surface area contributed by atoms with Gasteiger partial charge in [-0.3, -0.25) is 4.79 Å². The van der Waals surface area contributed by atoms with Crippen LogP contribution in [0.1, 0.15) is 25.3 Å². The van der Waals surface area contributed by atoms with E-state index in [-0.39, 0.29) is 12.5 Å². The molecule has 1 aromatic carbocycles. The molecule has 20 heavy (non-hydrogen) atoms. The fraction of sp³-hybridized carbons (Fsp3) is 0.562. The molecule has 1 atom stereocenters. The minimum atomic E-state index is -0.396. The van der Waals surface area contributed by atoms with Crippen molar-refractivity contribution in [2.75, 3.05) is 20.2 Å². The largest absolute Gasteiger partial charge is 0.484 e. The molecule has 4 heteroatoms. The van der Waals surface area contributed by atoms with E-state index in [1.54, 1.807) is 11.9 Å². The second-order valence-corrected chi connectivity index (χ2v) is 5.47. The minimum absolute atomic E-state index is 0.0133. The van der Waals surface area contributed by atoms with E-state index in [4.69, 9.17) is 4.74 Å². The summed E-state index contributed by atoms with van der Waals surface area (Å²) >= 11 is 0. The number of benzene rings is 1. The van der Waals surface area contributed by atoms with Crippen LogP contribution in [0.3, 0.4) is 0 Å². The Balaban J connectivity index is 1.75. The lowest BCUT2D eigenvalue weighted by atomic mass is 10.2. The quantitative estimate of drug-likeness (QED) is 0.827. The number of carbonyl (C=O) groups is 1. The lowest BCUT2D eigenvalue weighted by Crippen LogP contribution is -2.37. The maximum atomic E-state index is 11.9. The molecule has 4 nitrogen and oxygen atoms in total. The fourth-order valence-corrected chi connectivity index (χ4v) is 2.09. The molecule has 1 unspecified atom stereocenters. The van der Waals surface area contributed by atoms with E-state index in [1.165, 1.54) is 5.56 Å². The van der Waals surface area contributed by atoms with Crippen molar-refractivity contribution >= 4 is 5.91 Å². The number of aliphatic hydroxyl groups is 1. The Hall–Kier alpha value is -1.55.